The predicted molar refractivity (Wildman–Crippen MR) is 124 cm³/mol. The van der Waals surface area contributed by atoms with Gasteiger partial charge >= 0.3 is 0 Å². The molecular formula is C26H22N2O3. The molecule has 1 N–H and O–H groups in total. The topological polar surface area (TPSA) is 72.2 Å². The summed E-state index contributed by atoms with van der Waals surface area (Å²) in [5.41, 5.74) is 3.33. The quantitative estimate of drug-likeness (QED) is 0.215. The number of nitro benzene ring substituents is 1. The lowest BCUT2D eigenvalue weighted by atomic mass is 9.95. The van der Waals surface area contributed by atoms with E-state index in [-0.39, 0.29) is 23.9 Å². The van der Waals surface area contributed by atoms with E-state index in [2.05, 4.69) is 5.32 Å². The number of benzene rings is 4. The number of rotatable bonds is 7. The zero-order valence-corrected chi connectivity index (χ0v) is 17.1. The Morgan fingerprint density at radius 3 is 2.39 bits per heavy atom. The maximum Gasteiger partial charge on any atom is 0.271 e. The molecule has 31 heavy (non-hydrogen) atoms. The Labute approximate surface area is 180 Å². The van der Waals surface area contributed by atoms with Crippen LogP contribution >= 0.6 is 0 Å². The minimum Gasteiger partial charge on any atom is -0.378 e. The molecule has 1 unspecified atom stereocenters. The molecule has 0 amide bonds. The van der Waals surface area contributed by atoms with Gasteiger partial charge < -0.3 is 5.32 Å². The Hall–Kier alpha value is -3.99. The number of anilines is 1. The summed E-state index contributed by atoms with van der Waals surface area (Å²) < 4.78 is 0. The number of fused-ring (bicyclic) bond motifs is 1. The van der Waals surface area contributed by atoms with E-state index in [1.807, 2.05) is 73.7 Å². The fraction of sp³-hybridized carbons (Fsp3) is 0.115. The largest absolute Gasteiger partial charge is 0.378 e. The van der Waals surface area contributed by atoms with Crippen molar-refractivity contribution in [3.05, 3.63) is 118 Å². The third-order valence-electron chi connectivity index (χ3n) is 5.34. The molecule has 4 rings (SSSR count). The first-order chi connectivity index (χ1) is 15.0. The molecule has 4 aromatic rings. The molecule has 0 saturated carbocycles. The molecule has 5 heteroatoms. The summed E-state index contributed by atoms with van der Waals surface area (Å²) in [6.07, 6.45) is 0.226. The molecule has 0 aromatic heterocycles. The summed E-state index contributed by atoms with van der Waals surface area (Å²) in [6.45, 7) is 2.01. The van der Waals surface area contributed by atoms with E-state index in [0.717, 1.165) is 21.9 Å². The zero-order valence-electron chi connectivity index (χ0n) is 17.1. The number of nitro groups is 1. The van der Waals surface area contributed by atoms with Crippen LogP contribution in [0.25, 0.3) is 10.8 Å². The van der Waals surface area contributed by atoms with Crippen LogP contribution in [0, 0.1) is 17.0 Å². The lowest BCUT2D eigenvalue weighted by molar-refractivity contribution is -0.384. The molecule has 5 nitrogen and oxygen atoms in total. The van der Waals surface area contributed by atoms with E-state index in [0.29, 0.717) is 11.3 Å². The summed E-state index contributed by atoms with van der Waals surface area (Å²) in [5.74, 6) is 0.00857. The van der Waals surface area contributed by atoms with Gasteiger partial charge in [0, 0.05) is 29.8 Å². The van der Waals surface area contributed by atoms with Gasteiger partial charge in [0.25, 0.3) is 5.69 Å². The minimum absolute atomic E-state index is 0.00788. The number of Topliss-reactive ketones (excluding diaryl/α,β-unsaturated/α-hetero) is 1. The summed E-state index contributed by atoms with van der Waals surface area (Å²) in [5, 5.41) is 16.6. The van der Waals surface area contributed by atoms with Crippen molar-refractivity contribution in [3.8, 4) is 0 Å². The molecule has 4 aromatic carbocycles. The van der Waals surface area contributed by atoms with E-state index < -0.39 is 4.92 Å². The Balaban J connectivity index is 1.63. The lowest BCUT2D eigenvalue weighted by Gasteiger charge is -2.20. The van der Waals surface area contributed by atoms with Gasteiger partial charge in [-0.25, -0.2) is 0 Å². The average molecular weight is 410 g/mol. The number of carbonyl (C=O) groups excluding carboxylic acids is 1. The van der Waals surface area contributed by atoms with E-state index in [9.17, 15) is 14.9 Å². The summed E-state index contributed by atoms with van der Waals surface area (Å²) in [4.78, 5) is 23.9. The smallest absolute Gasteiger partial charge is 0.271 e. The van der Waals surface area contributed by atoms with Crippen LogP contribution in [0.15, 0.2) is 91.0 Å². The third-order valence-corrected chi connectivity index (χ3v) is 5.34. The number of nitrogens with zero attached hydrogens (tertiary/aromatic N) is 1. The Morgan fingerprint density at radius 2 is 1.65 bits per heavy atom. The monoisotopic (exact) mass is 410 g/mol. The molecule has 0 heterocycles. The molecule has 1 atom stereocenters. The van der Waals surface area contributed by atoms with Gasteiger partial charge in [-0.15, -0.1) is 0 Å². The van der Waals surface area contributed by atoms with E-state index >= 15 is 0 Å². The number of hydrogen-bond donors (Lipinski definition) is 1. The zero-order chi connectivity index (χ0) is 21.8. The van der Waals surface area contributed by atoms with Gasteiger partial charge in [0.2, 0.25) is 0 Å². The summed E-state index contributed by atoms with van der Waals surface area (Å²) in [6, 6.07) is 27.6. The van der Waals surface area contributed by atoms with Gasteiger partial charge in [0.1, 0.15) is 0 Å². The molecule has 0 radical (unpaired) electrons. The van der Waals surface area contributed by atoms with E-state index in [1.54, 1.807) is 12.1 Å². The maximum absolute atomic E-state index is 13.2. The first kappa shape index (κ1) is 20.3. The van der Waals surface area contributed by atoms with Crippen molar-refractivity contribution in [2.45, 2.75) is 19.4 Å². The fourth-order valence-corrected chi connectivity index (χ4v) is 3.63. The molecule has 0 bridgehead atoms. The SMILES string of the molecule is Cc1ccc(C(CC(=O)c2ccc3ccccc3c2)Nc2cccc([N+](=O)[O-])c2)cc1. The van der Waals surface area contributed by atoms with Crippen molar-refractivity contribution >= 4 is 27.9 Å². The van der Waals surface area contributed by atoms with Crippen molar-refractivity contribution in [2.75, 3.05) is 5.32 Å². The van der Waals surface area contributed by atoms with E-state index in [4.69, 9.17) is 0 Å². The average Bonchev–Trinajstić information content (AvgIpc) is 2.79. The second kappa shape index (κ2) is 8.79. The molecule has 154 valence electrons. The van der Waals surface area contributed by atoms with Crippen LogP contribution in [-0.4, -0.2) is 10.7 Å². The van der Waals surface area contributed by atoms with Crippen LogP contribution in [0.2, 0.25) is 0 Å². The predicted octanol–water partition coefficient (Wildman–Crippen LogP) is 6.48. The number of carbonyl (C=O) groups is 1. The van der Waals surface area contributed by atoms with Crippen molar-refractivity contribution in [2.24, 2.45) is 0 Å². The molecule has 0 fully saturated rings. The summed E-state index contributed by atoms with van der Waals surface area (Å²) >= 11 is 0. The van der Waals surface area contributed by atoms with Crippen LogP contribution in [0.4, 0.5) is 11.4 Å². The van der Waals surface area contributed by atoms with Crippen LogP contribution in [0.5, 0.6) is 0 Å². The highest BCUT2D eigenvalue weighted by molar-refractivity contribution is 6.00. The normalized spacial score (nSPS) is 11.8. The molecule has 0 aliphatic carbocycles. The van der Waals surface area contributed by atoms with Crippen LogP contribution in [0.1, 0.15) is 33.9 Å². The van der Waals surface area contributed by atoms with Gasteiger partial charge in [-0.3, -0.25) is 14.9 Å². The molecule has 0 aliphatic rings. The number of hydrogen-bond acceptors (Lipinski definition) is 4. The Morgan fingerprint density at radius 1 is 0.903 bits per heavy atom. The molecule has 0 spiro atoms. The lowest BCUT2D eigenvalue weighted by Crippen LogP contribution is -2.16. The van der Waals surface area contributed by atoms with Crippen molar-refractivity contribution in [1.29, 1.82) is 0 Å². The highest BCUT2D eigenvalue weighted by atomic mass is 16.6. The number of ketones is 1. The van der Waals surface area contributed by atoms with Crippen LogP contribution < -0.4 is 5.32 Å². The number of non-ortho nitro benzene ring substituents is 1. The van der Waals surface area contributed by atoms with Gasteiger partial charge in [0.15, 0.2) is 5.78 Å². The van der Waals surface area contributed by atoms with Gasteiger partial charge in [-0.2, -0.15) is 0 Å². The van der Waals surface area contributed by atoms with Gasteiger partial charge in [-0.05, 0) is 35.4 Å². The van der Waals surface area contributed by atoms with Crippen molar-refractivity contribution in [3.63, 3.8) is 0 Å². The second-order valence-electron chi connectivity index (χ2n) is 7.60. The Bertz CT molecular complexity index is 1250. The van der Waals surface area contributed by atoms with Crippen molar-refractivity contribution < 1.29 is 9.72 Å². The first-order valence-electron chi connectivity index (χ1n) is 10.1. The molecule has 0 saturated heterocycles. The second-order valence-corrected chi connectivity index (χ2v) is 7.60. The van der Waals surface area contributed by atoms with Gasteiger partial charge in [0.05, 0.1) is 11.0 Å². The van der Waals surface area contributed by atoms with Crippen LogP contribution in [0.3, 0.4) is 0 Å². The minimum atomic E-state index is -0.424. The number of aryl methyl sites for hydroxylation is 1. The maximum atomic E-state index is 13.2. The van der Waals surface area contributed by atoms with Crippen molar-refractivity contribution in [1.82, 2.24) is 0 Å². The molecule has 0 aliphatic heterocycles. The van der Waals surface area contributed by atoms with Gasteiger partial charge in [-0.1, -0.05) is 72.3 Å². The third kappa shape index (κ3) is 4.78. The first-order valence-corrected chi connectivity index (χ1v) is 10.1. The fourth-order valence-electron chi connectivity index (χ4n) is 3.63. The highest BCUT2D eigenvalue weighted by Crippen LogP contribution is 2.27. The summed E-state index contributed by atoms with van der Waals surface area (Å²) in [7, 11) is 0. The molecular weight excluding hydrogens is 388 g/mol. The van der Waals surface area contributed by atoms with Crippen LogP contribution in [-0.2, 0) is 0 Å². The van der Waals surface area contributed by atoms with E-state index in [1.165, 1.54) is 12.1 Å². The standard InChI is InChI=1S/C26H22N2O3/c1-18-9-11-20(12-10-18)25(27-23-7-4-8-24(16-23)28(30)31)17-26(29)22-14-13-19-5-2-3-6-21(19)15-22/h2-16,25,27H,17H2,1H3. The highest BCUT2D eigenvalue weighted by Gasteiger charge is 2.19. The Kier molecular flexibility index (Phi) is 5.76. The number of nitrogens with one attached hydrogen (secondary N) is 1.